The molecule has 1 fully saturated rings. The first-order valence-electron chi connectivity index (χ1n) is 7.79. The highest BCUT2D eigenvalue weighted by Gasteiger charge is 2.38. The van der Waals surface area contributed by atoms with E-state index in [2.05, 4.69) is 10.3 Å². The smallest absolute Gasteiger partial charge is 0.254 e. The zero-order valence-corrected chi connectivity index (χ0v) is 13.6. The van der Waals surface area contributed by atoms with Crippen molar-refractivity contribution in [3.63, 3.8) is 0 Å². The van der Waals surface area contributed by atoms with E-state index in [0.717, 1.165) is 22.2 Å². The van der Waals surface area contributed by atoms with Gasteiger partial charge in [0.2, 0.25) is 5.91 Å². The molecule has 2 atom stereocenters. The Bertz CT molecular complexity index is 780. The van der Waals surface area contributed by atoms with Crippen molar-refractivity contribution in [2.75, 3.05) is 13.6 Å². The summed E-state index contributed by atoms with van der Waals surface area (Å²) in [4.78, 5) is 29.8. The standard InChI is InChI=1S/C17H22N4O2/c1-9-10(2)20-14-5-4-11(6-13(9)14)17(23)21-8-12(18)7-15(21)16(22)19-3/h4-6,12,15,20H,7-8,18H2,1-3H3,(H,19,22)/t12-,15+/m1/s1. The molecule has 23 heavy (non-hydrogen) atoms. The minimum atomic E-state index is -0.493. The number of H-pyrrole nitrogens is 1. The van der Waals surface area contributed by atoms with Gasteiger partial charge < -0.3 is 20.9 Å². The van der Waals surface area contributed by atoms with Gasteiger partial charge in [0.15, 0.2) is 0 Å². The van der Waals surface area contributed by atoms with E-state index in [-0.39, 0.29) is 17.9 Å². The third kappa shape index (κ3) is 2.59. The SMILES string of the molecule is CNC(=O)[C@@H]1C[C@@H](N)CN1C(=O)c1ccc2[nH]c(C)c(C)c2c1. The van der Waals surface area contributed by atoms with E-state index in [4.69, 9.17) is 5.73 Å². The van der Waals surface area contributed by atoms with E-state index in [1.807, 2.05) is 26.0 Å². The van der Waals surface area contributed by atoms with Crippen molar-refractivity contribution in [1.82, 2.24) is 15.2 Å². The Morgan fingerprint density at radius 3 is 2.78 bits per heavy atom. The average molecular weight is 314 g/mol. The molecule has 0 unspecified atom stereocenters. The number of benzene rings is 1. The van der Waals surface area contributed by atoms with Crippen molar-refractivity contribution in [2.24, 2.45) is 5.73 Å². The summed E-state index contributed by atoms with van der Waals surface area (Å²) >= 11 is 0. The van der Waals surface area contributed by atoms with E-state index in [9.17, 15) is 9.59 Å². The third-order valence-electron chi connectivity index (χ3n) is 4.70. The van der Waals surface area contributed by atoms with E-state index < -0.39 is 6.04 Å². The summed E-state index contributed by atoms with van der Waals surface area (Å²) in [5.74, 6) is -0.312. The number of carbonyl (C=O) groups is 2. The van der Waals surface area contributed by atoms with Crippen LogP contribution in [-0.2, 0) is 4.79 Å². The summed E-state index contributed by atoms with van der Waals surface area (Å²) < 4.78 is 0. The first-order valence-corrected chi connectivity index (χ1v) is 7.79. The number of carbonyl (C=O) groups excluding carboxylic acids is 2. The van der Waals surface area contributed by atoms with Crippen LogP contribution in [0.2, 0.25) is 0 Å². The van der Waals surface area contributed by atoms with Crippen molar-refractivity contribution in [2.45, 2.75) is 32.4 Å². The van der Waals surface area contributed by atoms with Gasteiger partial charge >= 0.3 is 0 Å². The molecule has 0 spiro atoms. The minimum absolute atomic E-state index is 0.147. The maximum absolute atomic E-state index is 12.9. The molecule has 2 amide bonds. The average Bonchev–Trinajstić information content (AvgIpc) is 3.06. The van der Waals surface area contributed by atoms with Gasteiger partial charge in [-0.2, -0.15) is 0 Å². The van der Waals surface area contributed by atoms with Crippen LogP contribution in [0.5, 0.6) is 0 Å². The second-order valence-electron chi connectivity index (χ2n) is 6.22. The highest BCUT2D eigenvalue weighted by atomic mass is 16.2. The fourth-order valence-electron chi connectivity index (χ4n) is 3.27. The number of aromatic amines is 1. The summed E-state index contributed by atoms with van der Waals surface area (Å²) in [6.45, 7) is 4.44. The number of aryl methyl sites for hydroxylation is 2. The first-order chi connectivity index (χ1) is 10.9. The molecule has 1 aromatic heterocycles. The monoisotopic (exact) mass is 314 g/mol. The molecule has 1 aliphatic rings. The zero-order chi connectivity index (χ0) is 16.7. The van der Waals surface area contributed by atoms with Crippen LogP contribution in [0.4, 0.5) is 0 Å². The van der Waals surface area contributed by atoms with Gasteiger partial charge in [0.25, 0.3) is 5.91 Å². The Morgan fingerprint density at radius 2 is 2.09 bits per heavy atom. The number of nitrogens with zero attached hydrogens (tertiary/aromatic N) is 1. The number of rotatable bonds is 2. The van der Waals surface area contributed by atoms with Crippen LogP contribution in [0.3, 0.4) is 0 Å². The summed E-state index contributed by atoms with van der Waals surface area (Å²) in [6, 6.07) is 4.94. The predicted octanol–water partition coefficient (Wildman–Crippen LogP) is 1.07. The number of amides is 2. The Morgan fingerprint density at radius 1 is 1.35 bits per heavy atom. The summed E-state index contributed by atoms with van der Waals surface area (Å²) in [7, 11) is 1.58. The highest BCUT2D eigenvalue weighted by molar-refractivity contribution is 6.01. The largest absolute Gasteiger partial charge is 0.358 e. The first kappa shape index (κ1) is 15.6. The van der Waals surface area contributed by atoms with Crippen molar-refractivity contribution in [3.05, 3.63) is 35.0 Å². The molecule has 2 aromatic rings. The number of fused-ring (bicyclic) bond motifs is 1. The second-order valence-corrected chi connectivity index (χ2v) is 6.22. The van der Waals surface area contributed by atoms with Crippen molar-refractivity contribution < 1.29 is 9.59 Å². The van der Waals surface area contributed by atoms with Gasteiger partial charge in [-0.25, -0.2) is 0 Å². The highest BCUT2D eigenvalue weighted by Crippen LogP contribution is 2.25. The maximum atomic E-state index is 12.9. The topological polar surface area (TPSA) is 91.2 Å². The van der Waals surface area contributed by atoms with Gasteiger partial charge in [0, 0.05) is 41.8 Å². The fraction of sp³-hybridized carbons (Fsp3) is 0.412. The van der Waals surface area contributed by atoms with E-state index >= 15 is 0 Å². The lowest BCUT2D eigenvalue weighted by Gasteiger charge is -2.23. The molecular weight excluding hydrogens is 292 g/mol. The van der Waals surface area contributed by atoms with Crippen LogP contribution in [0.25, 0.3) is 10.9 Å². The molecule has 2 heterocycles. The molecule has 3 rings (SSSR count). The molecule has 4 N–H and O–H groups in total. The molecule has 6 nitrogen and oxygen atoms in total. The number of hydrogen-bond acceptors (Lipinski definition) is 3. The Balaban J connectivity index is 1.95. The van der Waals surface area contributed by atoms with Crippen molar-refractivity contribution in [1.29, 1.82) is 0 Å². The molecule has 6 heteroatoms. The van der Waals surface area contributed by atoms with Gasteiger partial charge in [0.05, 0.1) is 0 Å². The van der Waals surface area contributed by atoms with Gasteiger partial charge in [-0.15, -0.1) is 0 Å². The van der Waals surface area contributed by atoms with E-state index in [1.165, 1.54) is 0 Å². The molecule has 0 bridgehead atoms. The van der Waals surface area contributed by atoms with E-state index in [1.54, 1.807) is 18.0 Å². The molecule has 0 aliphatic carbocycles. The second kappa shape index (κ2) is 5.70. The Hall–Kier alpha value is -2.34. The number of aromatic nitrogens is 1. The van der Waals surface area contributed by atoms with Crippen LogP contribution in [0.15, 0.2) is 18.2 Å². The summed E-state index contributed by atoms with van der Waals surface area (Å²) in [5.41, 5.74) is 9.79. The lowest BCUT2D eigenvalue weighted by molar-refractivity contribution is -0.124. The van der Waals surface area contributed by atoms with E-state index in [0.29, 0.717) is 18.5 Å². The Labute approximate surface area is 135 Å². The molecule has 0 radical (unpaired) electrons. The maximum Gasteiger partial charge on any atom is 0.254 e. The number of nitrogens with two attached hydrogens (primary N) is 1. The van der Waals surface area contributed by atoms with Gasteiger partial charge in [-0.3, -0.25) is 9.59 Å². The predicted molar refractivity (Wildman–Crippen MR) is 89.3 cm³/mol. The van der Waals surface area contributed by atoms with Crippen LogP contribution in [-0.4, -0.2) is 47.4 Å². The molecule has 0 saturated carbocycles. The summed E-state index contributed by atoms with van der Waals surface area (Å²) in [5, 5.41) is 3.65. The molecular formula is C17H22N4O2. The lowest BCUT2D eigenvalue weighted by atomic mass is 10.1. The van der Waals surface area contributed by atoms with Gasteiger partial charge in [-0.05, 0) is 44.0 Å². The molecule has 122 valence electrons. The number of likely N-dealkylation sites (N-methyl/N-ethyl adjacent to an activating group) is 1. The van der Waals surface area contributed by atoms with Crippen LogP contribution in [0.1, 0.15) is 28.0 Å². The third-order valence-corrected chi connectivity index (χ3v) is 4.70. The fourth-order valence-corrected chi connectivity index (χ4v) is 3.27. The zero-order valence-electron chi connectivity index (χ0n) is 13.6. The van der Waals surface area contributed by atoms with Gasteiger partial charge in [0.1, 0.15) is 6.04 Å². The molecule has 1 aliphatic heterocycles. The quantitative estimate of drug-likeness (QED) is 0.774. The number of hydrogen-bond donors (Lipinski definition) is 3. The summed E-state index contributed by atoms with van der Waals surface area (Å²) in [6.07, 6.45) is 0.496. The van der Waals surface area contributed by atoms with Crippen LogP contribution < -0.4 is 11.1 Å². The van der Waals surface area contributed by atoms with Gasteiger partial charge in [-0.1, -0.05) is 0 Å². The number of nitrogens with one attached hydrogen (secondary N) is 2. The molecule has 1 saturated heterocycles. The Kier molecular flexibility index (Phi) is 3.85. The molecule has 1 aromatic carbocycles. The van der Waals surface area contributed by atoms with Crippen LogP contribution in [0, 0.1) is 13.8 Å². The minimum Gasteiger partial charge on any atom is -0.358 e. The normalized spacial score (nSPS) is 21.0. The lowest BCUT2D eigenvalue weighted by Crippen LogP contribution is -2.45. The van der Waals surface area contributed by atoms with Crippen molar-refractivity contribution >= 4 is 22.7 Å². The van der Waals surface area contributed by atoms with Crippen LogP contribution >= 0.6 is 0 Å². The van der Waals surface area contributed by atoms with Crippen molar-refractivity contribution in [3.8, 4) is 0 Å². The number of likely N-dealkylation sites (tertiary alicyclic amines) is 1.